The van der Waals surface area contributed by atoms with Gasteiger partial charge in [0.15, 0.2) is 0 Å². The number of hydrogen-bond acceptors (Lipinski definition) is 6. The second-order valence-corrected chi connectivity index (χ2v) is 5.82. The summed E-state index contributed by atoms with van der Waals surface area (Å²) in [6.45, 7) is 2.47. The molecule has 0 saturated carbocycles. The highest BCUT2D eigenvalue weighted by Crippen LogP contribution is 2.31. The minimum Gasteiger partial charge on any atom is -0.364 e. The maximum absolute atomic E-state index is 11.2. The Bertz CT molecular complexity index is 730. The van der Waals surface area contributed by atoms with Gasteiger partial charge in [0, 0.05) is 38.3 Å². The molecule has 3 rings (SSSR count). The molecule has 25 heavy (non-hydrogen) atoms. The van der Waals surface area contributed by atoms with E-state index in [0.717, 1.165) is 6.42 Å². The predicted octanol–water partition coefficient (Wildman–Crippen LogP) is 3.22. The number of nitro groups is 2. The van der Waals surface area contributed by atoms with Gasteiger partial charge in [-0.3, -0.25) is 20.2 Å². The van der Waals surface area contributed by atoms with Crippen molar-refractivity contribution in [2.24, 2.45) is 0 Å². The van der Waals surface area contributed by atoms with Gasteiger partial charge in [-0.05, 0) is 18.6 Å². The Hall–Kier alpha value is -3.16. The molecular weight excluding hydrogens is 324 g/mol. The summed E-state index contributed by atoms with van der Waals surface area (Å²) in [6.07, 6.45) is 0.762. The molecule has 0 unspecified atom stereocenters. The highest BCUT2D eigenvalue weighted by molar-refractivity contribution is 5.65. The van der Waals surface area contributed by atoms with Crippen molar-refractivity contribution < 1.29 is 9.85 Å². The van der Waals surface area contributed by atoms with Crippen molar-refractivity contribution in [3.05, 3.63) is 68.8 Å². The smallest absolute Gasteiger partial charge is 0.292 e. The summed E-state index contributed by atoms with van der Waals surface area (Å²) in [5.41, 5.74) is 1.36. The number of nitrogens with zero attached hydrogens (tertiary/aromatic N) is 4. The molecular formula is C17H18N4O4. The van der Waals surface area contributed by atoms with E-state index < -0.39 is 0 Å². The van der Waals surface area contributed by atoms with E-state index in [4.69, 9.17) is 0 Å². The maximum atomic E-state index is 11.2. The Balaban J connectivity index is 1.82. The van der Waals surface area contributed by atoms with Crippen molar-refractivity contribution >= 4 is 22.7 Å². The van der Waals surface area contributed by atoms with Gasteiger partial charge in [0.25, 0.3) is 11.4 Å². The topological polar surface area (TPSA) is 92.8 Å². The lowest BCUT2D eigenvalue weighted by molar-refractivity contribution is -0.384. The first-order chi connectivity index (χ1) is 12.1. The number of para-hydroxylation sites is 4. The van der Waals surface area contributed by atoms with Crippen molar-refractivity contribution in [3.63, 3.8) is 0 Å². The molecule has 0 amide bonds. The van der Waals surface area contributed by atoms with Crippen LogP contribution in [0.2, 0.25) is 0 Å². The van der Waals surface area contributed by atoms with E-state index in [9.17, 15) is 20.2 Å². The van der Waals surface area contributed by atoms with Crippen LogP contribution in [-0.2, 0) is 0 Å². The zero-order valence-corrected chi connectivity index (χ0v) is 13.6. The van der Waals surface area contributed by atoms with E-state index in [1.165, 1.54) is 12.1 Å². The van der Waals surface area contributed by atoms with Gasteiger partial charge < -0.3 is 9.80 Å². The SMILES string of the molecule is O=[N+]([O-])c1ccccc1N1CCCN(c2ccccc2[N+](=O)[O-])CC1. The third-order valence-electron chi connectivity index (χ3n) is 4.33. The molecule has 130 valence electrons. The molecule has 1 heterocycles. The molecule has 0 N–H and O–H groups in total. The average molecular weight is 342 g/mol. The van der Waals surface area contributed by atoms with Crippen LogP contribution in [0.15, 0.2) is 48.5 Å². The molecule has 0 radical (unpaired) electrons. The van der Waals surface area contributed by atoms with Crippen LogP contribution in [0.5, 0.6) is 0 Å². The van der Waals surface area contributed by atoms with Gasteiger partial charge in [0.2, 0.25) is 0 Å². The minimum atomic E-state index is -0.375. The Morgan fingerprint density at radius 1 is 0.680 bits per heavy atom. The number of hydrogen-bond donors (Lipinski definition) is 0. The van der Waals surface area contributed by atoms with Crippen LogP contribution < -0.4 is 9.80 Å². The van der Waals surface area contributed by atoms with Crippen LogP contribution in [0.3, 0.4) is 0 Å². The number of benzene rings is 2. The zero-order valence-electron chi connectivity index (χ0n) is 13.6. The largest absolute Gasteiger partial charge is 0.364 e. The van der Waals surface area contributed by atoms with Crippen LogP contribution in [0.1, 0.15) is 6.42 Å². The van der Waals surface area contributed by atoms with E-state index in [1.807, 2.05) is 9.80 Å². The number of anilines is 2. The number of rotatable bonds is 4. The summed E-state index contributed by atoms with van der Waals surface area (Å²) in [6, 6.07) is 13.4. The number of nitro benzene ring substituents is 2. The lowest BCUT2D eigenvalue weighted by Crippen LogP contribution is -2.31. The Kier molecular flexibility index (Phi) is 4.78. The molecule has 2 aromatic rings. The van der Waals surface area contributed by atoms with Gasteiger partial charge in [0.05, 0.1) is 9.85 Å². The normalized spacial score (nSPS) is 14.9. The molecule has 0 aliphatic carbocycles. The first-order valence-electron chi connectivity index (χ1n) is 8.04. The van der Waals surface area contributed by atoms with Crippen molar-refractivity contribution in [1.82, 2.24) is 0 Å². The van der Waals surface area contributed by atoms with Crippen molar-refractivity contribution in [1.29, 1.82) is 0 Å². The van der Waals surface area contributed by atoms with Gasteiger partial charge in [-0.2, -0.15) is 0 Å². The fourth-order valence-electron chi connectivity index (χ4n) is 3.17. The van der Waals surface area contributed by atoms with Gasteiger partial charge in [-0.15, -0.1) is 0 Å². The van der Waals surface area contributed by atoms with Gasteiger partial charge in [-0.1, -0.05) is 24.3 Å². The fourth-order valence-corrected chi connectivity index (χ4v) is 3.17. The average Bonchev–Trinajstić information content (AvgIpc) is 2.87. The predicted molar refractivity (Wildman–Crippen MR) is 95.2 cm³/mol. The molecule has 1 fully saturated rings. The lowest BCUT2D eigenvalue weighted by Gasteiger charge is -2.24. The first kappa shape index (κ1) is 16.7. The van der Waals surface area contributed by atoms with Gasteiger partial charge in [0.1, 0.15) is 11.4 Å². The summed E-state index contributed by atoms with van der Waals surface area (Å²) in [5, 5.41) is 22.5. The lowest BCUT2D eigenvalue weighted by atomic mass is 10.2. The molecule has 1 aliphatic rings. The van der Waals surface area contributed by atoms with Crippen molar-refractivity contribution in [2.45, 2.75) is 6.42 Å². The second kappa shape index (κ2) is 7.16. The standard InChI is InChI=1S/C17H18N4O4/c22-20(23)16-8-3-1-6-14(16)18-10-5-11-19(13-12-18)15-7-2-4-9-17(15)21(24)25/h1-4,6-9H,5,10-13H2. The van der Waals surface area contributed by atoms with Crippen molar-refractivity contribution in [3.8, 4) is 0 Å². The van der Waals surface area contributed by atoms with E-state index in [0.29, 0.717) is 37.6 Å². The second-order valence-electron chi connectivity index (χ2n) is 5.82. The fraction of sp³-hybridized carbons (Fsp3) is 0.294. The summed E-state index contributed by atoms with van der Waals surface area (Å²) in [4.78, 5) is 25.7. The monoisotopic (exact) mass is 342 g/mol. The van der Waals surface area contributed by atoms with Gasteiger partial charge >= 0.3 is 0 Å². The van der Waals surface area contributed by atoms with E-state index in [2.05, 4.69) is 0 Å². The van der Waals surface area contributed by atoms with Crippen molar-refractivity contribution in [2.75, 3.05) is 36.0 Å². The zero-order chi connectivity index (χ0) is 17.8. The third-order valence-corrected chi connectivity index (χ3v) is 4.33. The van der Waals surface area contributed by atoms with E-state index in [1.54, 1.807) is 36.4 Å². The summed E-state index contributed by atoms with van der Waals surface area (Å²) >= 11 is 0. The molecule has 0 bridgehead atoms. The molecule has 0 spiro atoms. The maximum Gasteiger partial charge on any atom is 0.292 e. The molecule has 1 saturated heterocycles. The van der Waals surface area contributed by atoms with Crippen LogP contribution in [0.25, 0.3) is 0 Å². The molecule has 8 heteroatoms. The Morgan fingerprint density at radius 3 is 1.48 bits per heavy atom. The summed E-state index contributed by atoms with van der Waals surface area (Å²) in [5.74, 6) is 0. The summed E-state index contributed by atoms with van der Waals surface area (Å²) in [7, 11) is 0. The molecule has 8 nitrogen and oxygen atoms in total. The van der Waals surface area contributed by atoms with Crippen LogP contribution in [0, 0.1) is 20.2 Å². The molecule has 1 aliphatic heterocycles. The quantitative estimate of drug-likeness (QED) is 0.625. The highest BCUT2D eigenvalue weighted by atomic mass is 16.6. The van der Waals surface area contributed by atoms with Crippen LogP contribution in [-0.4, -0.2) is 36.0 Å². The molecule has 0 aromatic heterocycles. The third kappa shape index (κ3) is 3.52. The molecule has 0 atom stereocenters. The van der Waals surface area contributed by atoms with Crippen LogP contribution >= 0.6 is 0 Å². The first-order valence-corrected chi connectivity index (χ1v) is 8.04. The molecule has 2 aromatic carbocycles. The van der Waals surface area contributed by atoms with Gasteiger partial charge in [-0.25, -0.2) is 0 Å². The Morgan fingerprint density at radius 2 is 1.08 bits per heavy atom. The Labute approximate surface area is 144 Å². The van der Waals surface area contributed by atoms with E-state index in [-0.39, 0.29) is 21.2 Å². The minimum absolute atomic E-state index is 0.0849. The van der Waals surface area contributed by atoms with Crippen LogP contribution in [0.4, 0.5) is 22.7 Å². The summed E-state index contributed by atoms with van der Waals surface area (Å²) < 4.78 is 0. The van der Waals surface area contributed by atoms with E-state index >= 15 is 0 Å². The highest BCUT2D eigenvalue weighted by Gasteiger charge is 2.24.